The highest BCUT2D eigenvalue weighted by molar-refractivity contribution is 14.0. The average molecular weight is 442 g/mol. The standard InChI is InChI=1S/C14H24BrN3.HI/c1-12(15)10-17-13(16-2)18-9-8-14(11-18)6-4-3-5-7-14;/h1,3-11H2,2H3,(H,16,17);1H. The third-order valence-corrected chi connectivity index (χ3v) is 4.58. The minimum absolute atomic E-state index is 0. The van der Waals surface area contributed by atoms with Crippen LogP contribution in [-0.4, -0.2) is 37.5 Å². The summed E-state index contributed by atoms with van der Waals surface area (Å²) in [6.45, 7) is 6.93. The number of rotatable bonds is 2. The molecule has 0 aromatic rings. The Labute approximate surface area is 142 Å². The quantitative estimate of drug-likeness (QED) is 0.401. The van der Waals surface area contributed by atoms with E-state index in [2.05, 4.69) is 37.7 Å². The van der Waals surface area contributed by atoms with Gasteiger partial charge >= 0.3 is 0 Å². The second kappa shape index (κ2) is 7.86. The SMILES string of the molecule is C=C(Br)CNC(=NC)N1CCC2(CCCCC2)C1.I. The van der Waals surface area contributed by atoms with E-state index in [1.165, 1.54) is 45.1 Å². The fourth-order valence-corrected chi connectivity index (χ4v) is 3.47. The number of guanidine groups is 1. The molecule has 0 atom stereocenters. The molecule has 1 N–H and O–H groups in total. The maximum absolute atomic E-state index is 4.39. The summed E-state index contributed by atoms with van der Waals surface area (Å²) in [5, 5.41) is 3.36. The molecule has 0 bridgehead atoms. The average Bonchev–Trinajstić information content (AvgIpc) is 2.74. The van der Waals surface area contributed by atoms with E-state index in [4.69, 9.17) is 0 Å². The molecule has 1 aliphatic heterocycles. The molecule has 1 heterocycles. The van der Waals surface area contributed by atoms with E-state index in [1.54, 1.807) is 0 Å². The summed E-state index contributed by atoms with van der Waals surface area (Å²) in [6.07, 6.45) is 8.41. The van der Waals surface area contributed by atoms with Crippen LogP contribution in [0.1, 0.15) is 38.5 Å². The fourth-order valence-electron chi connectivity index (χ4n) is 3.33. The van der Waals surface area contributed by atoms with Gasteiger partial charge in [0, 0.05) is 31.2 Å². The Hall–Kier alpha value is 0.220. The van der Waals surface area contributed by atoms with Gasteiger partial charge in [-0.2, -0.15) is 0 Å². The fraction of sp³-hybridized carbons (Fsp3) is 0.786. The van der Waals surface area contributed by atoms with Gasteiger partial charge in [-0.1, -0.05) is 41.8 Å². The van der Waals surface area contributed by atoms with Crippen molar-refractivity contribution in [2.75, 3.05) is 26.7 Å². The van der Waals surface area contributed by atoms with Crippen LogP contribution < -0.4 is 5.32 Å². The van der Waals surface area contributed by atoms with Crippen LogP contribution in [0.5, 0.6) is 0 Å². The van der Waals surface area contributed by atoms with E-state index >= 15 is 0 Å². The summed E-state index contributed by atoms with van der Waals surface area (Å²) < 4.78 is 0.968. The van der Waals surface area contributed by atoms with Gasteiger partial charge < -0.3 is 10.2 Å². The minimum atomic E-state index is 0. The van der Waals surface area contributed by atoms with E-state index in [1.807, 2.05) is 7.05 Å². The van der Waals surface area contributed by atoms with Crippen molar-refractivity contribution in [3.63, 3.8) is 0 Å². The van der Waals surface area contributed by atoms with Crippen molar-refractivity contribution in [2.45, 2.75) is 38.5 Å². The predicted octanol–water partition coefficient (Wildman–Crippen LogP) is 3.74. The van der Waals surface area contributed by atoms with E-state index in [0.29, 0.717) is 5.41 Å². The molecule has 1 spiro atoms. The van der Waals surface area contributed by atoms with Gasteiger partial charge in [0.05, 0.1) is 0 Å². The second-order valence-corrected chi connectivity index (χ2v) is 6.77. The first kappa shape index (κ1) is 17.3. The van der Waals surface area contributed by atoms with Crippen molar-refractivity contribution in [2.24, 2.45) is 10.4 Å². The van der Waals surface area contributed by atoms with Crippen LogP contribution in [0.15, 0.2) is 16.1 Å². The van der Waals surface area contributed by atoms with Crippen LogP contribution in [-0.2, 0) is 0 Å². The highest BCUT2D eigenvalue weighted by Crippen LogP contribution is 2.43. The van der Waals surface area contributed by atoms with Crippen LogP contribution >= 0.6 is 39.9 Å². The number of nitrogens with one attached hydrogen (secondary N) is 1. The Morgan fingerprint density at radius 2 is 2.00 bits per heavy atom. The van der Waals surface area contributed by atoms with Gasteiger partial charge in [0.25, 0.3) is 0 Å². The zero-order valence-electron chi connectivity index (χ0n) is 11.8. The zero-order chi connectivity index (χ0) is 13.0. The Morgan fingerprint density at radius 1 is 1.32 bits per heavy atom. The van der Waals surface area contributed by atoms with Crippen molar-refractivity contribution < 1.29 is 0 Å². The normalized spacial score (nSPS) is 22.2. The number of halogens is 2. The molecule has 0 radical (unpaired) electrons. The Kier molecular flexibility index (Phi) is 7.14. The van der Waals surface area contributed by atoms with Gasteiger partial charge in [-0.15, -0.1) is 24.0 Å². The molecule has 5 heteroatoms. The summed E-state index contributed by atoms with van der Waals surface area (Å²) >= 11 is 3.38. The molecule has 1 aliphatic carbocycles. The van der Waals surface area contributed by atoms with Gasteiger partial charge in [-0.3, -0.25) is 4.99 Å². The van der Waals surface area contributed by atoms with Gasteiger partial charge in [-0.25, -0.2) is 0 Å². The largest absolute Gasteiger partial charge is 0.352 e. The highest BCUT2D eigenvalue weighted by atomic mass is 127. The molecule has 2 rings (SSSR count). The molecule has 3 nitrogen and oxygen atoms in total. The number of aliphatic imine (C=N–C) groups is 1. The maximum Gasteiger partial charge on any atom is 0.193 e. The third kappa shape index (κ3) is 4.62. The molecular weight excluding hydrogens is 417 g/mol. The smallest absolute Gasteiger partial charge is 0.193 e. The molecular formula is C14H25BrIN3. The van der Waals surface area contributed by atoms with Gasteiger partial charge in [0.2, 0.25) is 0 Å². The number of hydrogen-bond donors (Lipinski definition) is 1. The Bertz CT molecular complexity index is 338. The summed E-state index contributed by atoms with van der Waals surface area (Å²) in [6, 6.07) is 0. The summed E-state index contributed by atoms with van der Waals surface area (Å²) in [7, 11) is 1.87. The molecule has 2 aliphatic rings. The topological polar surface area (TPSA) is 27.6 Å². The van der Waals surface area contributed by atoms with E-state index in [-0.39, 0.29) is 24.0 Å². The molecule has 0 amide bonds. The number of likely N-dealkylation sites (tertiary alicyclic amines) is 1. The highest BCUT2D eigenvalue weighted by Gasteiger charge is 2.39. The van der Waals surface area contributed by atoms with Crippen LogP contribution in [0.3, 0.4) is 0 Å². The molecule has 1 saturated heterocycles. The summed E-state index contributed by atoms with van der Waals surface area (Å²) in [5.41, 5.74) is 0.585. The van der Waals surface area contributed by atoms with Crippen molar-refractivity contribution in [3.05, 3.63) is 11.1 Å². The first-order valence-electron chi connectivity index (χ1n) is 6.94. The van der Waals surface area contributed by atoms with Crippen LogP contribution in [0.25, 0.3) is 0 Å². The first-order chi connectivity index (χ1) is 8.65. The monoisotopic (exact) mass is 441 g/mol. The van der Waals surface area contributed by atoms with Crippen LogP contribution in [0.2, 0.25) is 0 Å². The lowest BCUT2D eigenvalue weighted by Crippen LogP contribution is -2.42. The maximum atomic E-state index is 4.39. The summed E-state index contributed by atoms with van der Waals surface area (Å²) in [4.78, 5) is 6.81. The lowest BCUT2D eigenvalue weighted by Gasteiger charge is -2.33. The Morgan fingerprint density at radius 3 is 2.58 bits per heavy atom. The van der Waals surface area contributed by atoms with Gasteiger partial charge in [-0.05, 0) is 24.7 Å². The van der Waals surface area contributed by atoms with Crippen LogP contribution in [0.4, 0.5) is 0 Å². The molecule has 0 aromatic heterocycles. The first-order valence-corrected chi connectivity index (χ1v) is 7.73. The van der Waals surface area contributed by atoms with Gasteiger partial charge in [0.1, 0.15) is 0 Å². The van der Waals surface area contributed by atoms with Crippen LogP contribution in [0, 0.1) is 5.41 Å². The number of nitrogens with zero attached hydrogens (tertiary/aromatic N) is 2. The van der Waals surface area contributed by atoms with Gasteiger partial charge in [0.15, 0.2) is 5.96 Å². The second-order valence-electron chi connectivity index (χ2n) is 5.65. The van der Waals surface area contributed by atoms with Crippen molar-refractivity contribution >= 4 is 45.9 Å². The Balaban J connectivity index is 0.00000180. The van der Waals surface area contributed by atoms with Crippen molar-refractivity contribution in [3.8, 4) is 0 Å². The minimum Gasteiger partial charge on any atom is -0.352 e. The molecule has 0 unspecified atom stereocenters. The molecule has 2 fully saturated rings. The van der Waals surface area contributed by atoms with E-state index < -0.39 is 0 Å². The lowest BCUT2D eigenvalue weighted by atomic mass is 9.73. The molecule has 0 aromatic carbocycles. The number of hydrogen-bond acceptors (Lipinski definition) is 1. The zero-order valence-corrected chi connectivity index (χ0v) is 15.7. The molecule has 110 valence electrons. The lowest BCUT2D eigenvalue weighted by molar-refractivity contribution is 0.203. The third-order valence-electron chi connectivity index (χ3n) is 4.30. The van der Waals surface area contributed by atoms with Crippen molar-refractivity contribution in [1.82, 2.24) is 10.2 Å². The molecule has 1 saturated carbocycles. The van der Waals surface area contributed by atoms with E-state index in [0.717, 1.165) is 23.5 Å². The summed E-state index contributed by atoms with van der Waals surface area (Å²) in [5.74, 6) is 1.03. The predicted molar refractivity (Wildman–Crippen MR) is 96.6 cm³/mol. The molecule has 19 heavy (non-hydrogen) atoms. The van der Waals surface area contributed by atoms with Crippen molar-refractivity contribution in [1.29, 1.82) is 0 Å². The van der Waals surface area contributed by atoms with E-state index in [9.17, 15) is 0 Å².